The minimum absolute atomic E-state index is 0.0450. The number of carbonyl (C=O) groups excluding carboxylic acids is 3. The van der Waals surface area contributed by atoms with Crippen LogP contribution >= 0.6 is 0 Å². The predicted octanol–water partition coefficient (Wildman–Crippen LogP) is 2.53. The maximum absolute atomic E-state index is 13.3. The molecular weight excluding hydrogens is 398 g/mol. The van der Waals surface area contributed by atoms with Gasteiger partial charge in [0.25, 0.3) is 0 Å². The average Bonchev–Trinajstić information content (AvgIpc) is 3.51. The zero-order valence-electron chi connectivity index (χ0n) is 17.7. The van der Waals surface area contributed by atoms with E-state index < -0.39 is 23.8 Å². The van der Waals surface area contributed by atoms with E-state index in [4.69, 9.17) is 4.74 Å². The molecule has 8 nitrogen and oxygen atoms in total. The van der Waals surface area contributed by atoms with Crippen LogP contribution in [0.5, 0.6) is 0 Å². The monoisotopic (exact) mass is 429 g/mol. The van der Waals surface area contributed by atoms with Crippen LogP contribution in [0.1, 0.15) is 50.0 Å². The third-order valence-corrected chi connectivity index (χ3v) is 6.97. The van der Waals surface area contributed by atoms with Gasteiger partial charge in [-0.1, -0.05) is 30.3 Å². The van der Waals surface area contributed by atoms with Crippen LogP contribution in [-0.2, 0) is 14.3 Å². The summed E-state index contributed by atoms with van der Waals surface area (Å²) in [7, 11) is 0. The highest BCUT2D eigenvalue weighted by Gasteiger charge is 2.43. The highest BCUT2D eigenvalue weighted by Crippen LogP contribution is 2.36. The summed E-state index contributed by atoms with van der Waals surface area (Å²) in [5.41, 5.74) is 2.94. The lowest BCUT2D eigenvalue weighted by molar-refractivity contribution is -0.148. The van der Waals surface area contributed by atoms with E-state index in [-0.39, 0.29) is 18.4 Å². The molecule has 3 fully saturated rings. The van der Waals surface area contributed by atoms with Crippen LogP contribution in [0.15, 0.2) is 30.3 Å². The minimum atomic E-state index is -0.710. The number of ether oxygens (including phenoxy) is 1. The molecule has 31 heavy (non-hydrogen) atoms. The van der Waals surface area contributed by atoms with Crippen molar-refractivity contribution in [1.82, 2.24) is 15.3 Å². The number of amides is 3. The number of nitrogens with one attached hydrogen (secondary N) is 1. The van der Waals surface area contributed by atoms with Gasteiger partial charge in [-0.3, -0.25) is 14.8 Å². The van der Waals surface area contributed by atoms with Crippen LogP contribution in [0.2, 0.25) is 0 Å². The lowest BCUT2D eigenvalue weighted by Gasteiger charge is -2.36. The fraction of sp³-hybridized carbons (Fsp3) is 0.609. The summed E-state index contributed by atoms with van der Waals surface area (Å²) in [6.45, 7) is 2.70. The van der Waals surface area contributed by atoms with E-state index in [1.807, 2.05) is 23.1 Å². The Morgan fingerprint density at radius 3 is 2.39 bits per heavy atom. The van der Waals surface area contributed by atoms with Gasteiger partial charge in [0, 0.05) is 32.1 Å². The molecule has 1 saturated carbocycles. The molecule has 0 spiro atoms. The molecule has 2 saturated heterocycles. The van der Waals surface area contributed by atoms with Gasteiger partial charge in [0.05, 0.1) is 11.8 Å². The first-order valence-corrected chi connectivity index (χ1v) is 11.3. The van der Waals surface area contributed by atoms with Crippen molar-refractivity contribution in [3.63, 3.8) is 0 Å². The number of hydroxylamine groups is 1. The molecule has 1 aliphatic carbocycles. The summed E-state index contributed by atoms with van der Waals surface area (Å²) < 4.78 is 5.63. The number of hydrogen-bond donors (Lipinski definition) is 2. The van der Waals surface area contributed by atoms with Crippen molar-refractivity contribution in [3.05, 3.63) is 35.9 Å². The van der Waals surface area contributed by atoms with E-state index in [0.29, 0.717) is 44.9 Å². The van der Waals surface area contributed by atoms with Crippen molar-refractivity contribution in [2.45, 2.75) is 50.5 Å². The Morgan fingerprint density at radius 2 is 1.68 bits per heavy atom. The fourth-order valence-corrected chi connectivity index (χ4v) is 5.22. The minimum Gasteiger partial charge on any atom is -0.446 e. The molecule has 4 rings (SSSR count). The Hall–Kier alpha value is -2.61. The summed E-state index contributed by atoms with van der Waals surface area (Å²) >= 11 is 0. The molecule has 4 atom stereocenters. The van der Waals surface area contributed by atoms with Gasteiger partial charge in [-0.25, -0.2) is 10.3 Å². The molecule has 0 bridgehead atoms. The molecule has 2 heterocycles. The van der Waals surface area contributed by atoms with Gasteiger partial charge in [-0.2, -0.15) is 0 Å². The molecule has 2 N–H and O–H groups in total. The van der Waals surface area contributed by atoms with Crippen LogP contribution in [0.3, 0.4) is 0 Å². The number of hydrogen-bond acceptors (Lipinski definition) is 5. The van der Waals surface area contributed by atoms with Gasteiger partial charge in [0.15, 0.2) is 0 Å². The first-order valence-electron chi connectivity index (χ1n) is 11.3. The van der Waals surface area contributed by atoms with Crippen LogP contribution in [0.25, 0.3) is 0 Å². The Kier molecular flexibility index (Phi) is 6.75. The fourth-order valence-electron chi connectivity index (χ4n) is 5.22. The second kappa shape index (κ2) is 9.68. The molecule has 3 aliphatic rings. The van der Waals surface area contributed by atoms with Gasteiger partial charge in [-0.15, -0.1) is 0 Å². The van der Waals surface area contributed by atoms with E-state index in [1.54, 1.807) is 10.4 Å². The molecule has 1 aromatic carbocycles. The first-order chi connectivity index (χ1) is 15.1. The lowest BCUT2D eigenvalue weighted by atomic mass is 9.76. The summed E-state index contributed by atoms with van der Waals surface area (Å²) in [6, 6.07) is 10.2. The highest BCUT2D eigenvalue weighted by molar-refractivity contribution is 5.87. The average molecular weight is 430 g/mol. The van der Waals surface area contributed by atoms with Crippen molar-refractivity contribution < 1.29 is 24.3 Å². The number of rotatable bonds is 4. The molecule has 0 radical (unpaired) electrons. The van der Waals surface area contributed by atoms with Crippen LogP contribution in [-0.4, -0.2) is 65.2 Å². The summed E-state index contributed by atoms with van der Waals surface area (Å²) in [5, 5.41) is 9.24. The topological polar surface area (TPSA) is 99.2 Å². The zero-order chi connectivity index (χ0) is 21.8. The summed E-state index contributed by atoms with van der Waals surface area (Å²) in [6.07, 6.45) is 3.34. The Labute approximate surface area is 182 Å². The molecule has 168 valence electrons. The van der Waals surface area contributed by atoms with E-state index in [1.165, 1.54) is 5.56 Å². The van der Waals surface area contributed by atoms with Crippen LogP contribution in [0, 0.1) is 11.8 Å². The number of nitrogens with zero attached hydrogens (tertiary/aromatic N) is 2. The van der Waals surface area contributed by atoms with E-state index in [2.05, 4.69) is 12.1 Å². The van der Waals surface area contributed by atoms with Crippen molar-refractivity contribution in [2.24, 2.45) is 11.8 Å². The van der Waals surface area contributed by atoms with Gasteiger partial charge in [0.2, 0.25) is 11.8 Å². The van der Waals surface area contributed by atoms with E-state index in [0.717, 1.165) is 19.3 Å². The maximum Gasteiger partial charge on any atom is 0.410 e. The Bertz CT molecular complexity index is 796. The quantitative estimate of drug-likeness (QED) is 0.566. The van der Waals surface area contributed by atoms with Crippen molar-refractivity contribution in [1.29, 1.82) is 0 Å². The number of carbonyl (C=O) groups is 3. The van der Waals surface area contributed by atoms with Gasteiger partial charge in [0.1, 0.15) is 6.10 Å². The Morgan fingerprint density at radius 1 is 0.935 bits per heavy atom. The smallest absolute Gasteiger partial charge is 0.410 e. The third-order valence-electron chi connectivity index (χ3n) is 6.97. The SMILES string of the molecule is O=C(NO)[C@H]1C[C@@H](OC(=O)N2CCCC2)CC[C@@H]1C(=O)N1CC[C@H](c2ccccc2)C1. The number of benzene rings is 1. The van der Waals surface area contributed by atoms with Gasteiger partial charge in [-0.05, 0) is 44.1 Å². The van der Waals surface area contributed by atoms with Crippen LogP contribution < -0.4 is 5.48 Å². The van der Waals surface area contributed by atoms with E-state index in [9.17, 15) is 19.6 Å². The Balaban J connectivity index is 1.38. The van der Waals surface area contributed by atoms with Crippen molar-refractivity contribution in [3.8, 4) is 0 Å². The standard InChI is InChI=1S/C23H31N3O5/c27-21(24-30)20-14-18(31-23(29)25-11-4-5-12-25)8-9-19(20)22(28)26-13-10-17(15-26)16-6-2-1-3-7-16/h1-3,6-7,17-20,30H,4-5,8-15H2,(H,24,27)/t17-,18-,19-,20-/m0/s1. The predicted molar refractivity (Wildman–Crippen MR) is 112 cm³/mol. The largest absolute Gasteiger partial charge is 0.446 e. The van der Waals surface area contributed by atoms with Crippen molar-refractivity contribution >= 4 is 17.9 Å². The molecule has 0 unspecified atom stereocenters. The normalized spacial score (nSPS) is 28.4. The van der Waals surface area contributed by atoms with E-state index >= 15 is 0 Å². The molecule has 2 aliphatic heterocycles. The van der Waals surface area contributed by atoms with Gasteiger partial charge >= 0.3 is 6.09 Å². The highest BCUT2D eigenvalue weighted by atomic mass is 16.6. The van der Waals surface area contributed by atoms with Crippen molar-refractivity contribution in [2.75, 3.05) is 26.2 Å². The second-order valence-corrected chi connectivity index (χ2v) is 8.88. The molecule has 8 heteroatoms. The molecule has 1 aromatic rings. The second-order valence-electron chi connectivity index (χ2n) is 8.88. The third kappa shape index (κ3) is 4.84. The number of likely N-dealkylation sites (tertiary alicyclic amines) is 2. The molecular formula is C23H31N3O5. The lowest BCUT2D eigenvalue weighted by Crippen LogP contribution is -2.47. The summed E-state index contributed by atoms with van der Waals surface area (Å²) in [5.74, 6) is -1.55. The zero-order valence-corrected chi connectivity index (χ0v) is 17.7. The van der Waals surface area contributed by atoms with Crippen LogP contribution in [0.4, 0.5) is 4.79 Å². The molecule has 0 aromatic heterocycles. The molecule has 3 amide bonds. The summed E-state index contributed by atoms with van der Waals surface area (Å²) in [4.78, 5) is 41.5. The van der Waals surface area contributed by atoms with Gasteiger partial charge < -0.3 is 14.5 Å². The first kappa shape index (κ1) is 21.6. The maximum atomic E-state index is 13.3.